The third kappa shape index (κ3) is 13.9. The van der Waals surface area contributed by atoms with Gasteiger partial charge >= 0.3 is 12.1 Å². The van der Waals surface area contributed by atoms with E-state index in [1.807, 2.05) is 25.2 Å². The maximum absolute atomic E-state index is 14.0. The summed E-state index contributed by atoms with van der Waals surface area (Å²) in [5, 5.41) is 4.49. The summed E-state index contributed by atoms with van der Waals surface area (Å²) in [6.45, 7) is 5.36. The van der Waals surface area contributed by atoms with Crippen molar-refractivity contribution in [3.05, 3.63) is 59.0 Å². The second-order valence-corrected chi connectivity index (χ2v) is 8.99. The van der Waals surface area contributed by atoms with E-state index < -0.39 is 36.3 Å². The van der Waals surface area contributed by atoms with Gasteiger partial charge in [-0.05, 0) is 31.9 Å². The minimum absolute atomic E-state index is 0.0855. The Hall–Kier alpha value is -4.04. The van der Waals surface area contributed by atoms with Crippen LogP contribution in [0, 0.1) is 17.8 Å². The normalized spacial score (nSPS) is 18.3. The average Bonchev–Trinajstić information content (AvgIpc) is 2.86. The summed E-state index contributed by atoms with van der Waals surface area (Å²) in [6.07, 6.45) is 7.56. The zero-order chi connectivity index (χ0) is 29.4. The Labute approximate surface area is 232 Å². The number of amides is 3. The Balaban J connectivity index is 2.51. The van der Waals surface area contributed by atoms with Crippen molar-refractivity contribution in [3.8, 4) is 11.8 Å². The highest BCUT2D eigenvalue weighted by Crippen LogP contribution is 2.22. The first-order chi connectivity index (χ1) is 18.4. The lowest BCUT2D eigenvalue weighted by molar-refractivity contribution is -0.151. The number of nitrogens with two attached hydrogens (primary N) is 1. The van der Waals surface area contributed by atoms with Gasteiger partial charge in [0.05, 0.1) is 7.11 Å². The summed E-state index contributed by atoms with van der Waals surface area (Å²) in [4.78, 5) is 46.4. The summed E-state index contributed by atoms with van der Waals surface area (Å²) in [5.41, 5.74) is 5.83. The molecule has 0 radical (unpaired) electrons. The van der Waals surface area contributed by atoms with Crippen LogP contribution in [0.15, 0.2) is 59.0 Å². The molecule has 0 bridgehead atoms. The highest BCUT2D eigenvalue weighted by atomic mass is 35.5. The van der Waals surface area contributed by atoms with E-state index in [0.29, 0.717) is 17.9 Å². The lowest BCUT2D eigenvalue weighted by atomic mass is 9.97. The van der Waals surface area contributed by atoms with E-state index in [-0.39, 0.29) is 24.2 Å². The molecular formula is C27H33ClFN3O7. The number of allylic oxidation sites excluding steroid dienone is 4. The number of cyclic esters (lactones) is 1. The Bertz CT molecular complexity index is 1110. The Kier molecular flexibility index (Phi) is 14.8. The first-order valence-corrected chi connectivity index (χ1v) is 12.3. The molecule has 0 saturated carbocycles. The number of hydrogen-bond acceptors (Lipinski definition) is 7. The topological polar surface area (TPSA) is 146 Å². The second kappa shape index (κ2) is 17.5. The van der Waals surface area contributed by atoms with Crippen molar-refractivity contribution in [1.82, 2.24) is 10.6 Å². The number of halogens is 2. The first kappa shape index (κ1) is 33.0. The monoisotopic (exact) mass is 565 g/mol. The van der Waals surface area contributed by atoms with E-state index in [2.05, 4.69) is 17.2 Å². The molecule has 4 atom stereocenters. The van der Waals surface area contributed by atoms with Crippen LogP contribution in [0.1, 0.15) is 40.0 Å². The number of rotatable bonds is 12. The third-order valence-corrected chi connectivity index (χ3v) is 5.27. The van der Waals surface area contributed by atoms with Crippen molar-refractivity contribution in [2.24, 2.45) is 11.7 Å². The number of nitrogens with one attached hydrogen (secondary N) is 2. The van der Waals surface area contributed by atoms with E-state index in [1.165, 1.54) is 19.3 Å². The van der Waals surface area contributed by atoms with Crippen molar-refractivity contribution >= 4 is 35.5 Å². The van der Waals surface area contributed by atoms with E-state index in [4.69, 9.17) is 31.5 Å². The average molecular weight is 566 g/mol. The predicted molar refractivity (Wildman–Crippen MR) is 143 cm³/mol. The first-order valence-electron chi connectivity index (χ1n) is 11.9. The van der Waals surface area contributed by atoms with Crippen LogP contribution in [-0.4, -0.2) is 49.5 Å². The molecule has 12 heteroatoms. The van der Waals surface area contributed by atoms with Gasteiger partial charge in [-0.3, -0.25) is 9.59 Å². The van der Waals surface area contributed by atoms with Crippen LogP contribution < -0.4 is 16.4 Å². The molecule has 0 aromatic heterocycles. The number of carbonyl (C=O) groups excluding carboxylic acids is 4. The summed E-state index contributed by atoms with van der Waals surface area (Å²) < 4.78 is 29.2. The van der Waals surface area contributed by atoms with E-state index >= 15 is 0 Å². The summed E-state index contributed by atoms with van der Waals surface area (Å²) in [5.74, 6) is 2.10. The molecule has 0 spiro atoms. The minimum Gasteiger partial charge on any atom is -0.490 e. The van der Waals surface area contributed by atoms with Crippen LogP contribution in [0.25, 0.3) is 0 Å². The molecule has 0 unspecified atom stereocenters. The molecule has 0 fully saturated rings. The van der Waals surface area contributed by atoms with Gasteiger partial charge in [0.2, 0.25) is 0 Å². The van der Waals surface area contributed by atoms with Gasteiger partial charge in [-0.15, -0.1) is 0 Å². The molecule has 0 saturated heterocycles. The van der Waals surface area contributed by atoms with Gasteiger partial charge in [0.15, 0.2) is 5.76 Å². The van der Waals surface area contributed by atoms with Crippen molar-refractivity contribution in [1.29, 1.82) is 0 Å². The van der Waals surface area contributed by atoms with Crippen LogP contribution in [0.2, 0.25) is 0 Å². The lowest BCUT2D eigenvalue weighted by Gasteiger charge is -2.25. The number of hydrogen-bond donors (Lipinski definition) is 3. The van der Waals surface area contributed by atoms with Crippen molar-refractivity contribution in [2.75, 3.05) is 7.11 Å². The number of alkyl halides is 1. The van der Waals surface area contributed by atoms with E-state index in [9.17, 15) is 23.6 Å². The number of methoxy groups -OCH3 is 1. The zero-order valence-electron chi connectivity index (χ0n) is 22.2. The molecule has 0 aromatic carbocycles. The molecular weight excluding hydrogens is 533 g/mol. The molecule has 4 N–H and O–H groups in total. The quantitative estimate of drug-likeness (QED) is 0.142. The molecule has 0 aliphatic carbocycles. The standard InChI is InChI=1S/C27H33ClFN3O7/c1-17(16-18(2)21-13-14-22(37-4)26(35)39-21)8-5-6-10-23(33)32-24(29)25(34)31-15-7-9-20(38-27(30)36)12-11-19(3)28/h5,7-8,11,14-16,18,20-21,24H,9,12-13H2,1-4H3,(H2,30,36)(H,31,34)(H,32,33)/b8-5-,15-7-,17-16+,19-11+/t18-,20+,21-,24+/m0/s1. The largest absolute Gasteiger partial charge is 0.490 e. The molecule has 1 heterocycles. The van der Waals surface area contributed by atoms with E-state index in [0.717, 1.165) is 11.8 Å². The van der Waals surface area contributed by atoms with Gasteiger partial charge in [0.25, 0.3) is 18.1 Å². The molecule has 1 aliphatic heterocycles. The Morgan fingerprint density at radius 2 is 2.05 bits per heavy atom. The Morgan fingerprint density at radius 1 is 1.33 bits per heavy atom. The predicted octanol–water partition coefficient (Wildman–Crippen LogP) is 3.40. The van der Waals surface area contributed by atoms with Crippen LogP contribution >= 0.6 is 11.6 Å². The molecule has 10 nitrogen and oxygen atoms in total. The van der Waals surface area contributed by atoms with Gasteiger partial charge in [-0.25, -0.2) is 14.0 Å². The fraction of sp³-hybridized carbons (Fsp3) is 0.407. The summed E-state index contributed by atoms with van der Waals surface area (Å²) in [7, 11) is 1.40. The highest BCUT2D eigenvalue weighted by molar-refractivity contribution is 6.29. The number of carbonyl (C=O) groups is 4. The smallest absolute Gasteiger partial charge is 0.404 e. The zero-order valence-corrected chi connectivity index (χ0v) is 22.9. The second-order valence-electron chi connectivity index (χ2n) is 8.39. The van der Waals surface area contributed by atoms with Crippen LogP contribution in [0.5, 0.6) is 0 Å². The summed E-state index contributed by atoms with van der Waals surface area (Å²) in [6, 6.07) is 0. The number of esters is 1. The van der Waals surface area contributed by atoms with Gasteiger partial charge in [0, 0.05) is 36.4 Å². The molecule has 0 aromatic rings. The van der Waals surface area contributed by atoms with Crippen molar-refractivity contribution in [2.45, 2.75) is 58.5 Å². The fourth-order valence-electron chi connectivity index (χ4n) is 3.20. The van der Waals surface area contributed by atoms with Crippen molar-refractivity contribution in [3.63, 3.8) is 0 Å². The van der Waals surface area contributed by atoms with E-state index in [1.54, 1.807) is 25.2 Å². The van der Waals surface area contributed by atoms with Gasteiger partial charge in [0.1, 0.15) is 12.2 Å². The van der Waals surface area contributed by atoms with Crippen molar-refractivity contribution < 1.29 is 37.8 Å². The van der Waals surface area contributed by atoms with Crippen LogP contribution in [0.3, 0.4) is 0 Å². The molecule has 212 valence electrons. The molecule has 39 heavy (non-hydrogen) atoms. The summed E-state index contributed by atoms with van der Waals surface area (Å²) >= 11 is 5.75. The molecule has 1 aliphatic rings. The maximum Gasteiger partial charge on any atom is 0.404 e. The minimum atomic E-state index is -2.34. The molecule has 3 amide bonds. The number of primary amides is 1. The number of ether oxygens (including phenoxy) is 3. The van der Waals surface area contributed by atoms with Gasteiger partial charge < -0.3 is 30.6 Å². The van der Waals surface area contributed by atoms with Crippen LogP contribution in [0.4, 0.5) is 9.18 Å². The SMILES string of the molecule is COC1=CC[C@@H]([C@@H](C)/C=C(C)/C=C\C#CC(=O)N[C@@H](F)C(=O)N/C=C\C[C@H](C/C=C(\C)Cl)OC(N)=O)OC1=O. The maximum atomic E-state index is 14.0. The highest BCUT2D eigenvalue weighted by Gasteiger charge is 2.26. The third-order valence-electron chi connectivity index (χ3n) is 5.12. The Morgan fingerprint density at radius 3 is 2.67 bits per heavy atom. The van der Waals surface area contributed by atoms with Crippen LogP contribution in [-0.2, 0) is 28.6 Å². The fourth-order valence-corrected chi connectivity index (χ4v) is 3.29. The lowest BCUT2D eigenvalue weighted by Crippen LogP contribution is -2.41. The van der Waals surface area contributed by atoms with Gasteiger partial charge in [-0.1, -0.05) is 54.3 Å². The van der Waals surface area contributed by atoms with Gasteiger partial charge in [-0.2, -0.15) is 0 Å². The molecule has 1 rings (SSSR count).